The number of imide groups is 1. The van der Waals surface area contributed by atoms with Gasteiger partial charge in [-0.15, -0.1) is 0 Å². The largest absolute Gasteiger partial charge is 0.323 e. The predicted octanol–water partition coefficient (Wildman–Crippen LogP) is 2.01. The van der Waals surface area contributed by atoms with E-state index in [9.17, 15) is 9.59 Å². The first-order valence-corrected chi connectivity index (χ1v) is 8.15. The minimum Gasteiger partial charge on any atom is -0.323 e. The number of benzene rings is 1. The Morgan fingerprint density at radius 1 is 1.22 bits per heavy atom. The minimum atomic E-state index is -0.747. The third kappa shape index (κ3) is 3.45. The zero-order valence-corrected chi connectivity index (χ0v) is 13.4. The van der Waals surface area contributed by atoms with Crippen LogP contribution in [-0.2, 0) is 4.79 Å². The van der Waals surface area contributed by atoms with E-state index in [1.54, 1.807) is 0 Å². The smallest absolute Gasteiger partial charge is 0.322 e. The molecule has 2 saturated heterocycles. The summed E-state index contributed by atoms with van der Waals surface area (Å²) in [4.78, 5) is 25.8. The molecule has 0 radical (unpaired) electrons. The highest BCUT2D eigenvalue weighted by Crippen LogP contribution is 2.30. The molecular formula is C18H23N3O2. The number of piperidine rings is 1. The maximum Gasteiger partial charge on any atom is 0.322 e. The molecule has 5 nitrogen and oxygen atoms in total. The quantitative estimate of drug-likeness (QED) is 0.836. The topological polar surface area (TPSA) is 61.4 Å². The molecule has 0 saturated carbocycles. The van der Waals surface area contributed by atoms with Crippen LogP contribution in [0.5, 0.6) is 0 Å². The van der Waals surface area contributed by atoms with Crippen molar-refractivity contribution >= 4 is 18.0 Å². The summed E-state index contributed by atoms with van der Waals surface area (Å²) < 4.78 is 0. The molecule has 23 heavy (non-hydrogen) atoms. The van der Waals surface area contributed by atoms with Crippen LogP contribution in [0.2, 0.25) is 0 Å². The number of carbonyl (C=O) groups excluding carboxylic acids is 2. The van der Waals surface area contributed by atoms with E-state index in [1.807, 2.05) is 25.1 Å². The van der Waals surface area contributed by atoms with Crippen LogP contribution < -0.4 is 10.6 Å². The predicted molar refractivity (Wildman–Crippen MR) is 89.7 cm³/mol. The number of nitrogens with zero attached hydrogens (tertiary/aromatic N) is 1. The van der Waals surface area contributed by atoms with Crippen molar-refractivity contribution in [1.29, 1.82) is 0 Å². The fourth-order valence-corrected chi connectivity index (χ4v) is 3.44. The normalized spacial score (nSPS) is 26.5. The van der Waals surface area contributed by atoms with Crippen molar-refractivity contribution in [3.8, 4) is 0 Å². The van der Waals surface area contributed by atoms with E-state index in [2.05, 4.69) is 39.8 Å². The Bertz CT molecular complexity index is 606. The first-order valence-electron chi connectivity index (χ1n) is 8.15. The molecule has 5 heteroatoms. The monoisotopic (exact) mass is 313 g/mol. The summed E-state index contributed by atoms with van der Waals surface area (Å²) in [5.41, 5.74) is 0.462. The first kappa shape index (κ1) is 15.7. The van der Waals surface area contributed by atoms with Gasteiger partial charge < -0.3 is 5.32 Å². The maximum atomic E-state index is 12.0. The van der Waals surface area contributed by atoms with Crippen LogP contribution in [-0.4, -0.2) is 42.0 Å². The number of likely N-dealkylation sites (tertiary alicyclic amines) is 1. The summed E-state index contributed by atoms with van der Waals surface area (Å²) >= 11 is 0. The van der Waals surface area contributed by atoms with E-state index in [-0.39, 0.29) is 17.9 Å². The Morgan fingerprint density at radius 3 is 2.52 bits per heavy atom. The molecule has 3 amide bonds. The summed E-state index contributed by atoms with van der Waals surface area (Å²) in [5, 5.41) is 5.15. The van der Waals surface area contributed by atoms with Crippen molar-refractivity contribution in [3.63, 3.8) is 0 Å². The van der Waals surface area contributed by atoms with Gasteiger partial charge in [-0.25, -0.2) is 4.79 Å². The second kappa shape index (κ2) is 6.54. The van der Waals surface area contributed by atoms with Crippen molar-refractivity contribution in [1.82, 2.24) is 15.5 Å². The van der Waals surface area contributed by atoms with Crippen molar-refractivity contribution < 1.29 is 9.59 Å². The third-order valence-electron chi connectivity index (χ3n) is 4.95. The fourth-order valence-electron chi connectivity index (χ4n) is 3.44. The number of urea groups is 1. The van der Waals surface area contributed by atoms with Gasteiger partial charge in [-0.3, -0.25) is 15.0 Å². The number of nitrogens with one attached hydrogen (secondary N) is 2. The number of rotatable bonds is 4. The molecule has 2 heterocycles. The van der Waals surface area contributed by atoms with Gasteiger partial charge in [0, 0.05) is 6.54 Å². The molecule has 2 N–H and O–H groups in total. The average Bonchev–Trinajstić information content (AvgIpc) is 2.82. The Hall–Kier alpha value is -2.14. The van der Waals surface area contributed by atoms with Crippen LogP contribution in [0.15, 0.2) is 36.4 Å². The molecule has 0 aromatic heterocycles. The third-order valence-corrected chi connectivity index (χ3v) is 4.95. The number of amides is 3. The SMILES string of the molecule is CC1(C2CCN(CC=Cc3ccccc3)CC2)NC(=O)NC1=O. The molecule has 0 spiro atoms. The summed E-state index contributed by atoms with van der Waals surface area (Å²) in [6.07, 6.45) is 6.16. The van der Waals surface area contributed by atoms with E-state index >= 15 is 0 Å². The van der Waals surface area contributed by atoms with Crippen LogP contribution >= 0.6 is 0 Å². The molecule has 1 aromatic carbocycles. The van der Waals surface area contributed by atoms with Crippen molar-refractivity contribution in [2.75, 3.05) is 19.6 Å². The van der Waals surface area contributed by atoms with Crippen molar-refractivity contribution in [2.24, 2.45) is 5.92 Å². The highest BCUT2D eigenvalue weighted by Gasteiger charge is 2.48. The number of hydrogen-bond acceptors (Lipinski definition) is 3. The molecule has 1 atom stereocenters. The van der Waals surface area contributed by atoms with E-state index in [0.29, 0.717) is 0 Å². The summed E-state index contributed by atoms with van der Waals surface area (Å²) in [7, 11) is 0. The van der Waals surface area contributed by atoms with Gasteiger partial charge in [0.2, 0.25) is 0 Å². The molecule has 3 rings (SSSR count). The Morgan fingerprint density at radius 2 is 1.91 bits per heavy atom. The molecule has 0 bridgehead atoms. The van der Waals surface area contributed by atoms with Gasteiger partial charge in [-0.1, -0.05) is 42.5 Å². The lowest BCUT2D eigenvalue weighted by Crippen LogP contribution is -2.53. The first-order chi connectivity index (χ1) is 11.1. The zero-order chi connectivity index (χ0) is 16.3. The lowest BCUT2D eigenvalue weighted by Gasteiger charge is -2.38. The van der Waals surface area contributed by atoms with Gasteiger partial charge in [0.15, 0.2) is 0 Å². The van der Waals surface area contributed by atoms with Gasteiger partial charge in [0.05, 0.1) is 0 Å². The molecular weight excluding hydrogens is 290 g/mol. The van der Waals surface area contributed by atoms with Crippen LogP contribution in [0, 0.1) is 5.92 Å². The highest BCUT2D eigenvalue weighted by atomic mass is 16.2. The molecule has 2 fully saturated rings. The van der Waals surface area contributed by atoms with Crippen LogP contribution in [0.3, 0.4) is 0 Å². The average molecular weight is 313 g/mol. The Labute approximate surface area is 136 Å². The number of carbonyl (C=O) groups is 2. The van der Waals surface area contributed by atoms with Crippen LogP contribution in [0.4, 0.5) is 4.79 Å². The molecule has 1 aromatic rings. The highest BCUT2D eigenvalue weighted by molar-refractivity contribution is 6.06. The van der Waals surface area contributed by atoms with Gasteiger partial charge in [-0.05, 0) is 44.3 Å². The number of hydrogen-bond donors (Lipinski definition) is 2. The molecule has 2 aliphatic rings. The van der Waals surface area contributed by atoms with E-state index in [0.717, 1.165) is 32.5 Å². The van der Waals surface area contributed by atoms with Crippen LogP contribution in [0.25, 0.3) is 6.08 Å². The van der Waals surface area contributed by atoms with E-state index < -0.39 is 5.54 Å². The summed E-state index contributed by atoms with van der Waals surface area (Å²) in [6, 6.07) is 9.89. The van der Waals surface area contributed by atoms with Gasteiger partial charge >= 0.3 is 6.03 Å². The van der Waals surface area contributed by atoms with Crippen molar-refractivity contribution in [3.05, 3.63) is 42.0 Å². The molecule has 122 valence electrons. The maximum absolute atomic E-state index is 12.0. The fraction of sp³-hybridized carbons (Fsp3) is 0.444. The second-order valence-electron chi connectivity index (χ2n) is 6.50. The van der Waals surface area contributed by atoms with E-state index in [4.69, 9.17) is 0 Å². The summed E-state index contributed by atoms with van der Waals surface area (Å²) in [6.45, 7) is 4.64. The standard InChI is InChI=1S/C18H23N3O2/c1-18(16(22)19-17(23)20-18)15-9-12-21(13-10-15)11-5-8-14-6-3-2-4-7-14/h2-8,15H,9-13H2,1H3,(H2,19,20,22,23). The Kier molecular flexibility index (Phi) is 4.48. The second-order valence-corrected chi connectivity index (χ2v) is 6.50. The molecule has 1 unspecified atom stereocenters. The molecule has 2 aliphatic heterocycles. The van der Waals surface area contributed by atoms with Gasteiger partial charge in [0.1, 0.15) is 5.54 Å². The molecule has 0 aliphatic carbocycles. The van der Waals surface area contributed by atoms with Crippen molar-refractivity contribution in [2.45, 2.75) is 25.3 Å². The van der Waals surface area contributed by atoms with Crippen LogP contribution in [0.1, 0.15) is 25.3 Å². The van der Waals surface area contributed by atoms with Gasteiger partial charge in [0.25, 0.3) is 5.91 Å². The lowest BCUT2D eigenvalue weighted by molar-refractivity contribution is -0.125. The zero-order valence-electron chi connectivity index (χ0n) is 13.4. The van der Waals surface area contributed by atoms with E-state index in [1.165, 1.54) is 5.56 Å². The Balaban J connectivity index is 1.50. The lowest BCUT2D eigenvalue weighted by atomic mass is 9.79. The van der Waals surface area contributed by atoms with Gasteiger partial charge in [-0.2, -0.15) is 0 Å². The summed E-state index contributed by atoms with van der Waals surface area (Å²) in [5.74, 6) is 0.00762. The minimum absolute atomic E-state index is 0.190.